The van der Waals surface area contributed by atoms with E-state index >= 15 is 0 Å². The van der Waals surface area contributed by atoms with E-state index in [1.807, 2.05) is 0 Å². The summed E-state index contributed by atoms with van der Waals surface area (Å²) in [6.45, 7) is 14.5. The monoisotopic (exact) mass is 281 g/mol. The van der Waals surface area contributed by atoms with E-state index in [1.165, 1.54) is 71.4 Å². The van der Waals surface area contributed by atoms with E-state index in [0.717, 1.165) is 18.0 Å². The Morgan fingerprint density at radius 2 is 1.85 bits per heavy atom. The fraction of sp³-hybridized carbons (Fsp3) is 1.00. The standard InChI is InChI=1S/C17H35N3/c1-4-8-18-16-6-5-7-17(13-16)20-11-9-19(10-12-20)14-15(2)3/h15-18H,4-14H2,1-3H3. The van der Waals surface area contributed by atoms with Crippen molar-refractivity contribution >= 4 is 0 Å². The Balaban J connectivity index is 1.72. The molecule has 1 N–H and O–H groups in total. The highest BCUT2D eigenvalue weighted by molar-refractivity contribution is 4.86. The Bertz CT molecular complexity index is 259. The number of piperazine rings is 1. The van der Waals surface area contributed by atoms with Crippen LogP contribution in [0.3, 0.4) is 0 Å². The Labute approximate surface area is 126 Å². The fourth-order valence-corrected chi connectivity index (χ4v) is 3.86. The molecular weight excluding hydrogens is 246 g/mol. The molecule has 20 heavy (non-hydrogen) atoms. The SMILES string of the molecule is CCCNC1CCCC(N2CCN(CC(C)C)CC2)C1. The molecule has 2 unspecified atom stereocenters. The van der Waals surface area contributed by atoms with Crippen LogP contribution >= 0.6 is 0 Å². The van der Waals surface area contributed by atoms with Gasteiger partial charge in [0.05, 0.1) is 0 Å². The second-order valence-electron chi connectivity index (χ2n) is 7.20. The summed E-state index contributed by atoms with van der Waals surface area (Å²) in [6, 6.07) is 1.63. The first kappa shape index (κ1) is 16.3. The Morgan fingerprint density at radius 3 is 2.50 bits per heavy atom. The topological polar surface area (TPSA) is 18.5 Å². The molecule has 0 aromatic carbocycles. The maximum atomic E-state index is 3.74. The molecule has 1 saturated heterocycles. The predicted octanol–water partition coefficient (Wildman–Crippen LogP) is 2.57. The van der Waals surface area contributed by atoms with Gasteiger partial charge in [-0.15, -0.1) is 0 Å². The first-order chi connectivity index (χ1) is 9.69. The van der Waals surface area contributed by atoms with E-state index in [4.69, 9.17) is 0 Å². The van der Waals surface area contributed by atoms with E-state index in [9.17, 15) is 0 Å². The van der Waals surface area contributed by atoms with Crippen LogP contribution in [-0.4, -0.2) is 61.2 Å². The van der Waals surface area contributed by atoms with Crippen LogP contribution in [0.25, 0.3) is 0 Å². The molecule has 2 aliphatic rings. The number of hydrogen-bond donors (Lipinski definition) is 1. The van der Waals surface area contributed by atoms with Gasteiger partial charge in [0.1, 0.15) is 0 Å². The van der Waals surface area contributed by atoms with Crippen LogP contribution < -0.4 is 5.32 Å². The minimum atomic E-state index is 0.780. The van der Waals surface area contributed by atoms with Gasteiger partial charge in [-0.25, -0.2) is 0 Å². The average Bonchev–Trinajstić information content (AvgIpc) is 2.45. The lowest BCUT2D eigenvalue weighted by Gasteiger charge is -2.43. The number of nitrogens with zero attached hydrogens (tertiary/aromatic N) is 2. The lowest BCUT2D eigenvalue weighted by atomic mass is 9.89. The first-order valence-electron chi connectivity index (χ1n) is 8.88. The van der Waals surface area contributed by atoms with Crippen molar-refractivity contribution < 1.29 is 0 Å². The van der Waals surface area contributed by atoms with E-state index in [-0.39, 0.29) is 0 Å². The molecule has 0 radical (unpaired) electrons. The summed E-state index contributed by atoms with van der Waals surface area (Å²) in [5, 5.41) is 3.74. The summed E-state index contributed by atoms with van der Waals surface area (Å²) < 4.78 is 0. The molecule has 0 amide bonds. The van der Waals surface area contributed by atoms with Crippen LogP contribution in [0.1, 0.15) is 52.9 Å². The molecule has 1 heterocycles. The average molecular weight is 281 g/mol. The van der Waals surface area contributed by atoms with Crippen molar-refractivity contribution in [2.45, 2.75) is 65.0 Å². The number of nitrogens with one attached hydrogen (secondary N) is 1. The van der Waals surface area contributed by atoms with E-state index in [1.54, 1.807) is 0 Å². The first-order valence-corrected chi connectivity index (χ1v) is 8.88. The zero-order valence-electron chi connectivity index (χ0n) is 13.9. The molecule has 0 spiro atoms. The molecule has 3 nitrogen and oxygen atoms in total. The zero-order chi connectivity index (χ0) is 14.4. The van der Waals surface area contributed by atoms with Crippen LogP contribution in [0.4, 0.5) is 0 Å². The van der Waals surface area contributed by atoms with Gasteiger partial charge in [-0.3, -0.25) is 4.90 Å². The van der Waals surface area contributed by atoms with Crippen LogP contribution in [0, 0.1) is 5.92 Å². The molecule has 2 atom stereocenters. The summed E-state index contributed by atoms with van der Waals surface area (Å²) >= 11 is 0. The van der Waals surface area contributed by atoms with Crippen molar-refractivity contribution in [1.29, 1.82) is 0 Å². The molecule has 1 saturated carbocycles. The van der Waals surface area contributed by atoms with Gasteiger partial charge in [-0.05, 0) is 38.1 Å². The zero-order valence-corrected chi connectivity index (χ0v) is 13.9. The minimum Gasteiger partial charge on any atom is -0.314 e. The highest BCUT2D eigenvalue weighted by Crippen LogP contribution is 2.24. The van der Waals surface area contributed by atoms with Gasteiger partial charge in [-0.1, -0.05) is 27.2 Å². The summed E-state index contributed by atoms with van der Waals surface area (Å²) in [4.78, 5) is 5.42. The number of rotatable bonds is 6. The maximum Gasteiger partial charge on any atom is 0.0113 e. The van der Waals surface area contributed by atoms with Gasteiger partial charge in [0, 0.05) is 44.8 Å². The third-order valence-corrected chi connectivity index (χ3v) is 4.88. The van der Waals surface area contributed by atoms with Gasteiger partial charge in [0.15, 0.2) is 0 Å². The molecule has 1 aliphatic carbocycles. The second-order valence-corrected chi connectivity index (χ2v) is 7.20. The Hall–Kier alpha value is -0.120. The largest absolute Gasteiger partial charge is 0.314 e. The summed E-state index contributed by atoms with van der Waals surface area (Å²) in [7, 11) is 0. The van der Waals surface area contributed by atoms with E-state index < -0.39 is 0 Å². The van der Waals surface area contributed by atoms with Gasteiger partial charge in [0.25, 0.3) is 0 Å². The quantitative estimate of drug-likeness (QED) is 0.807. The van der Waals surface area contributed by atoms with Crippen molar-refractivity contribution in [1.82, 2.24) is 15.1 Å². The molecule has 118 valence electrons. The van der Waals surface area contributed by atoms with Gasteiger partial charge < -0.3 is 10.2 Å². The van der Waals surface area contributed by atoms with E-state index in [0.29, 0.717) is 0 Å². The van der Waals surface area contributed by atoms with Crippen molar-refractivity contribution in [3.63, 3.8) is 0 Å². The Morgan fingerprint density at radius 1 is 1.10 bits per heavy atom. The van der Waals surface area contributed by atoms with Crippen molar-refractivity contribution in [2.75, 3.05) is 39.3 Å². The van der Waals surface area contributed by atoms with Crippen molar-refractivity contribution in [3.05, 3.63) is 0 Å². The smallest absolute Gasteiger partial charge is 0.0113 e. The maximum absolute atomic E-state index is 3.74. The van der Waals surface area contributed by atoms with E-state index in [2.05, 4.69) is 35.9 Å². The summed E-state index contributed by atoms with van der Waals surface area (Å²) in [5.41, 5.74) is 0. The molecule has 0 aromatic rings. The van der Waals surface area contributed by atoms with Crippen LogP contribution in [0.2, 0.25) is 0 Å². The molecule has 3 heteroatoms. The predicted molar refractivity (Wildman–Crippen MR) is 87.2 cm³/mol. The van der Waals surface area contributed by atoms with Gasteiger partial charge in [0.2, 0.25) is 0 Å². The third-order valence-electron chi connectivity index (χ3n) is 4.88. The molecule has 0 aromatic heterocycles. The second kappa shape index (κ2) is 8.35. The number of hydrogen-bond acceptors (Lipinski definition) is 3. The molecular formula is C17H35N3. The lowest BCUT2D eigenvalue weighted by molar-refractivity contribution is 0.0669. The molecule has 1 aliphatic heterocycles. The Kier molecular flexibility index (Phi) is 6.79. The molecule has 0 bridgehead atoms. The minimum absolute atomic E-state index is 0.780. The van der Waals surface area contributed by atoms with Crippen LogP contribution in [-0.2, 0) is 0 Å². The van der Waals surface area contributed by atoms with Gasteiger partial charge >= 0.3 is 0 Å². The lowest BCUT2D eigenvalue weighted by Crippen LogP contribution is -2.53. The third kappa shape index (κ3) is 5.01. The van der Waals surface area contributed by atoms with Crippen LogP contribution in [0.5, 0.6) is 0 Å². The molecule has 2 fully saturated rings. The normalized spacial score (nSPS) is 30.0. The van der Waals surface area contributed by atoms with Gasteiger partial charge in [-0.2, -0.15) is 0 Å². The fourth-order valence-electron chi connectivity index (χ4n) is 3.86. The summed E-state index contributed by atoms with van der Waals surface area (Å²) in [6.07, 6.45) is 6.87. The van der Waals surface area contributed by atoms with Crippen molar-refractivity contribution in [3.8, 4) is 0 Å². The van der Waals surface area contributed by atoms with Crippen LogP contribution in [0.15, 0.2) is 0 Å². The molecule has 2 rings (SSSR count). The summed E-state index contributed by atoms with van der Waals surface area (Å²) in [5.74, 6) is 0.804. The van der Waals surface area contributed by atoms with Crippen molar-refractivity contribution in [2.24, 2.45) is 5.92 Å². The highest BCUT2D eigenvalue weighted by Gasteiger charge is 2.28. The highest BCUT2D eigenvalue weighted by atomic mass is 15.3.